The molecule has 0 bridgehead atoms. The van der Waals surface area contributed by atoms with Crippen molar-refractivity contribution in [3.63, 3.8) is 0 Å². The summed E-state index contributed by atoms with van der Waals surface area (Å²) in [6.07, 6.45) is 4.57. The molecule has 0 aromatic heterocycles. The molecule has 2 atom stereocenters. The van der Waals surface area contributed by atoms with Gasteiger partial charge in [-0.25, -0.2) is 0 Å². The largest absolute Gasteiger partial charge is 0.379 e. The molecule has 2 aliphatic rings. The Bertz CT molecular complexity index is 209. The second kappa shape index (κ2) is 3.47. The summed E-state index contributed by atoms with van der Waals surface area (Å²) < 4.78 is 11.3. The van der Waals surface area contributed by atoms with Crippen LogP contribution in [0, 0.1) is 0 Å². The summed E-state index contributed by atoms with van der Waals surface area (Å²) in [5.74, 6) is 0. The van der Waals surface area contributed by atoms with E-state index >= 15 is 0 Å². The predicted molar refractivity (Wildman–Crippen MR) is 55.2 cm³/mol. The number of rotatable bonds is 2. The summed E-state index contributed by atoms with van der Waals surface area (Å²) in [5.41, 5.74) is 6.16. The third-order valence-electron chi connectivity index (χ3n) is 3.32. The average Bonchev–Trinajstić information content (AvgIpc) is 2.59. The Morgan fingerprint density at radius 1 is 1.36 bits per heavy atom. The second-order valence-corrected chi connectivity index (χ2v) is 5.41. The molecule has 0 saturated carbocycles. The van der Waals surface area contributed by atoms with E-state index in [9.17, 15) is 0 Å². The molecular formula is C11H21NO2. The summed E-state index contributed by atoms with van der Waals surface area (Å²) in [6, 6.07) is 0. The zero-order valence-electron chi connectivity index (χ0n) is 9.21. The summed E-state index contributed by atoms with van der Waals surface area (Å²) in [7, 11) is 0. The van der Waals surface area contributed by atoms with E-state index in [1.807, 2.05) is 0 Å². The summed E-state index contributed by atoms with van der Waals surface area (Å²) in [6.45, 7) is 5.82. The van der Waals surface area contributed by atoms with E-state index in [1.165, 1.54) is 0 Å². The van der Waals surface area contributed by atoms with Crippen molar-refractivity contribution < 1.29 is 9.47 Å². The van der Waals surface area contributed by atoms with Crippen LogP contribution in [-0.4, -0.2) is 30.5 Å². The highest BCUT2D eigenvalue weighted by atomic mass is 16.5. The molecule has 2 fully saturated rings. The van der Waals surface area contributed by atoms with Gasteiger partial charge in [-0.1, -0.05) is 0 Å². The first kappa shape index (κ1) is 10.4. The van der Waals surface area contributed by atoms with Gasteiger partial charge in [0.15, 0.2) is 0 Å². The Balaban J connectivity index is 1.86. The lowest BCUT2D eigenvalue weighted by Gasteiger charge is -2.27. The first-order valence-electron chi connectivity index (χ1n) is 5.54. The normalized spacial score (nSPS) is 41.8. The van der Waals surface area contributed by atoms with E-state index in [4.69, 9.17) is 15.2 Å². The highest BCUT2D eigenvalue weighted by Crippen LogP contribution is 2.34. The van der Waals surface area contributed by atoms with E-state index in [2.05, 4.69) is 13.8 Å². The Hall–Kier alpha value is -0.120. The van der Waals surface area contributed by atoms with E-state index in [1.54, 1.807) is 0 Å². The van der Waals surface area contributed by atoms with Gasteiger partial charge in [-0.3, -0.25) is 0 Å². The fraction of sp³-hybridized carbons (Fsp3) is 1.00. The minimum atomic E-state index is -0.120. The molecule has 0 aliphatic carbocycles. The first-order chi connectivity index (χ1) is 6.49. The third kappa shape index (κ3) is 2.27. The molecule has 14 heavy (non-hydrogen) atoms. The minimum Gasteiger partial charge on any atom is -0.379 e. The quantitative estimate of drug-likeness (QED) is 0.732. The smallest absolute Gasteiger partial charge is 0.0648 e. The standard InChI is InChI=1S/C11H21NO2/c1-10(2)4-3-9(14-10)7-11(12)5-6-13-8-11/h9H,3-8,12H2,1-2H3. The van der Waals surface area contributed by atoms with Crippen molar-refractivity contribution in [1.29, 1.82) is 0 Å². The van der Waals surface area contributed by atoms with E-state index in [0.29, 0.717) is 12.7 Å². The van der Waals surface area contributed by atoms with Crippen LogP contribution in [0.4, 0.5) is 0 Å². The van der Waals surface area contributed by atoms with E-state index < -0.39 is 0 Å². The van der Waals surface area contributed by atoms with Gasteiger partial charge in [0.2, 0.25) is 0 Å². The van der Waals surface area contributed by atoms with Crippen molar-refractivity contribution in [2.75, 3.05) is 13.2 Å². The Labute approximate surface area is 85.9 Å². The molecule has 2 unspecified atom stereocenters. The lowest BCUT2D eigenvalue weighted by atomic mass is 9.91. The van der Waals surface area contributed by atoms with Crippen molar-refractivity contribution in [2.24, 2.45) is 5.73 Å². The molecular weight excluding hydrogens is 178 g/mol. The van der Waals surface area contributed by atoms with Gasteiger partial charge in [0.05, 0.1) is 18.3 Å². The molecule has 2 heterocycles. The van der Waals surface area contributed by atoms with E-state index in [-0.39, 0.29) is 11.1 Å². The number of ether oxygens (including phenoxy) is 2. The highest BCUT2D eigenvalue weighted by Gasteiger charge is 2.38. The molecule has 0 radical (unpaired) electrons. The van der Waals surface area contributed by atoms with Crippen LogP contribution >= 0.6 is 0 Å². The van der Waals surface area contributed by atoms with Gasteiger partial charge < -0.3 is 15.2 Å². The topological polar surface area (TPSA) is 44.5 Å². The molecule has 2 saturated heterocycles. The summed E-state index contributed by atoms with van der Waals surface area (Å²) in [4.78, 5) is 0. The van der Waals surface area contributed by atoms with Crippen LogP contribution in [0.25, 0.3) is 0 Å². The van der Waals surface area contributed by atoms with Gasteiger partial charge in [-0.15, -0.1) is 0 Å². The van der Waals surface area contributed by atoms with Crippen LogP contribution in [-0.2, 0) is 9.47 Å². The Kier molecular flexibility index (Phi) is 2.58. The molecule has 0 spiro atoms. The van der Waals surface area contributed by atoms with Gasteiger partial charge >= 0.3 is 0 Å². The summed E-state index contributed by atoms with van der Waals surface area (Å²) in [5, 5.41) is 0. The Morgan fingerprint density at radius 2 is 2.14 bits per heavy atom. The first-order valence-corrected chi connectivity index (χ1v) is 5.54. The SMILES string of the molecule is CC1(C)CCC(CC2(N)CCOC2)O1. The zero-order chi connectivity index (χ0) is 10.2. The van der Waals surface area contributed by atoms with Crippen molar-refractivity contribution in [3.8, 4) is 0 Å². The van der Waals surface area contributed by atoms with Crippen LogP contribution < -0.4 is 5.73 Å². The summed E-state index contributed by atoms with van der Waals surface area (Å²) >= 11 is 0. The lowest BCUT2D eigenvalue weighted by molar-refractivity contribution is -0.0274. The van der Waals surface area contributed by atoms with Crippen molar-refractivity contribution in [3.05, 3.63) is 0 Å². The molecule has 0 amide bonds. The molecule has 3 heteroatoms. The van der Waals surface area contributed by atoms with Gasteiger partial charge in [0.25, 0.3) is 0 Å². The molecule has 2 aliphatic heterocycles. The number of nitrogens with two attached hydrogens (primary N) is 1. The zero-order valence-corrected chi connectivity index (χ0v) is 9.21. The number of hydrogen-bond acceptors (Lipinski definition) is 3. The van der Waals surface area contributed by atoms with Crippen LogP contribution in [0.1, 0.15) is 39.5 Å². The average molecular weight is 199 g/mol. The molecule has 0 aromatic carbocycles. The predicted octanol–water partition coefficient (Wildman–Crippen LogP) is 1.45. The third-order valence-corrected chi connectivity index (χ3v) is 3.32. The van der Waals surface area contributed by atoms with Crippen LogP contribution in [0.5, 0.6) is 0 Å². The fourth-order valence-corrected chi connectivity index (χ4v) is 2.46. The maximum absolute atomic E-state index is 6.22. The second-order valence-electron chi connectivity index (χ2n) is 5.41. The molecule has 2 rings (SSSR count). The highest BCUT2D eigenvalue weighted by molar-refractivity contribution is 4.93. The van der Waals surface area contributed by atoms with Gasteiger partial charge in [-0.2, -0.15) is 0 Å². The van der Waals surface area contributed by atoms with Gasteiger partial charge in [0.1, 0.15) is 0 Å². The van der Waals surface area contributed by atoms with Crippen LogP contribution in [0.3, 0.4) is 0 Å². The molecule has 3 nitrogen and oxygen atoms in total. The maximum Gasteiger partial charge on any atom is 0.0648 e. The lowest BCUT2D eigenvalue weighted by Crippen LogP contribution is -2.43. The fourth-order valence-electron chi connectivity index (χ4n) is 2.46. The van der Waals surface area contributed by atoms with Crippen molar-refractivity contribution in [2.45, 2.75) is 56.8 Å². The van der Waals surface area contributed by atoms with Crippen LogP contribution in [0.2, 0.25) is 0 Å². The van der Waals surface area contributed by atoms with Crippen LogP contribution in [0.15, 0.2) is 0 Å². The number of hydrogen-bond donors (Lipinski definition) is 1. The monoisotopic (exact) mass is 199 g/mol. The minimum absolute atomic E-state index is 0.0560. The molecule has 2 N–H and O–H groups in total. The Morgan fingerprint density at radius 3 is 2.64 bits per heavy atom. The van der Waals surface area contributed by atoms with Crippen molar-refractivity contribution in [1.82, 2.24) is 0 Å². The molecule has 82 valence electrons. The van der Waals surface area contributed by atoms with Gasteiger partial charge in [0, 0.05) is 12.1 Å². The maximum atomic E-state index is 6.22. The van der Waals surface area contributed by atoms with Crippen molar-refractivity contribution >= 4 is 0 Å². The van der Waals surface area contributed by atoms with Gasteiger partial charge in [-0.05, 0) is 39.5 Å². The molecule has 0 aromatic rings. The van der Waals surface area contributed by atoms with E-state index in [0.717, 1.165) is 32.3 Å².